The number of hydrogen-bond acceptors (Lipinski definition) is 4. The molecule has 0 saturated carbocycles. The van der Waals surface area contributed by atoms with Crippen LogP contribution in [-0.2, 0) is 6.61 Å². The van der Waals surface area contributed by atoms with Gasteiger partial charge in [-0.15, -0.1) is 0 Å². The van der Waals surface area contributed by atoms with Crippen molar-refractivity contribution in [1.29, 1.82) is 0 Å². The Morgan fingerprint density at radius 3 is 2.55 bits per heavy atom. The van der Waals surface area contributed by atoms with Gasteiger partial charge in [0.2, 0.25) is 0 Å². The van der Waals surface area contributed by atoms with Crippen LogP contribution in [0.2, 0.25) is 0 Å². The van der Waals surface area contributed by atoms with Gasteiger partial charge in [-0.1, -0.05) is 17.3 Å². The zero-order chi connectivity index (χ0) is 15.5. The van der Waals surface area contributed by atoms with Gasteiger partial charge in [-0.05, 0) is 36.4 Å². The first-order chi connectivity index (χ1) is 10.7. The summed E-state index contributed by atoms with van der Waals surface area (Å²) in [6, 6.07) is 13.2. The Hall–Kier alpha value is -2.66. The molecule has 0 radical (unpaired) electrons. The fourth-order valence-corrected chi connectivity index (χ4v) is 2.29. The summed E-state index contributed by atoms with van der Waals surface area (Å²) in [6.07, 6.45) is 0. The highest BCUT2D eigenvalue weighted by atomic mass is 19.1. The molecule has 3 rings (SSSR count). The van der Waals surface area contributed by atoms with Gasteiger partial charge in [0.05, 0.1) is 19.3 Å². The second-order valence-electron chi connectivity index (χ2n) is 4.74. The number of aromatic nitrogens is 1. The zero-order valence-corrected chi connectivity index (χ0v) is 11.9. The van der Waals surface area contributed by atoms with Crippen molar-refractivity contribution in [2.75, 3.05) is 7.11 Å². The normalized spacial score (nSPS) is 10.7. The van der Waals surface area contributed by atoms with Crippen molar-refractivity contribution < 1.29 is 18.8 Å². The summed E-state index contributed by atoms with van der Waals surface area (Å²) in [6.45, 7) is -0.253. The Balaban J connectivity index is 2.06. The maximum absolute atomic E-state index is 13.4. The molecule has 0 aliphatic heterocycles. The van der Waals surface area contributed by atoms with Gasteiger partial charge in [0.25, 0.3) is 0 Å². The molecular formula is C17H14FNO3. The van der Waals surface area contributed by atoms with Crippen LogP contribution in [0.1, 0.15) is 5.56 Å². The largest absolute Gasteiger partial charge is 0.497 e. The molecule has 0 atom stereocenters. The second-order valence-corrected chi connectivity index (χ2v) is 4.74. The van der Waals surface area contributed by atoms with E-state index in [1.807, 2.05) is 12.1 Å². The van der Waals surface area contributed by atoms with Gasteiger partial charge in [0, 0.05) is 11.1 Å². The van der Waals surface area contributed by atoms with Crippen molar-refractivity contribution in [1.82, 2.24) is 5.16 Å². The van der Waals surface area contributed by atoms with Gasteiger partial charge in [0.1, 0.15) is 17.3 Å². The van der Waals surface area contributed by atoms with Crippen molar-refractivity contribution in [3.8, 4) is 28.3 Å². The summed E-state index contributed by atoms with van der Waals surface area (Å²) >= 11 is 0. The smallest absolute Gasteiger partial charge is 0.173 e. The summed E-state index contributed by atoms with van der Waals surface area (Å²) in [5.41, 5.74) is 2.38. The van der Waals surface area contributed by atoms with Crippen LogP contribution in [0.3, 0.4) is 0 Å². The molecule has 1 heterocycles. The van der Waals surface area contributed by atoms with E-state index in [4.69, 9.17) is 9.26 Å². The minimum absolute atomic E-state index is 0.253. The Kier molecular flexibility index (Phi) is 3.89. The predicted molar refractivity (Wildman–Crippen MR) is 79.8 cm³/mol. The van der Waals surface area contributed by atoms with Crippen LogP contribution >= 0.6 is 0 Å². The summed E-state index contributed by atoms with van der Waals surface area (Å²) in [4.78, 5) is 0. The molecule has 0 fully saturated rings. The fourth-order valence-electron chi connectivity index (χ4n) is 2.29. The van der Waals surface area contributed by atoms with Crippen molar-refractivity contribution in [2.24, 2.45) is 0 Å². The molecule has 0 aliphatic rings. The average Bonchev–Trinajstić information content (AvgIpc) is 2.99. The van der Waals surface area contributed by atoms with E-state index in [0.717, 1.165) is 11.3 Å². The Morgan fingerprint density at radius 2 is 1.91 bits per heavy atom. The molecule has 0 aliphatic carbocycles. The van der Waals surface area contributed by atoms with Gasteiger partial charge in [-0.25, -0.2) is 4.39 Å². The maximum atomic E-state index is 13.4. The lowest BCUT2D eigenvalue weighted by Crippen LogP contribution is -1.90. The Labute approximate surface area is 126 Å². The van der Waals surface area contributed by atoms with Gasteiger partial charge >= 0.3 is 0 Å². The lowest BCUT2D eigenvalue weighted by Gasteiger charge is -2.03. The topological polar surface area (TPSA) is 55.5 Å². The van der Waals surface area contributed by atoms with E-state index in [1.54, 1.807) is 31.4 Å². The van der Waals surface area contributed by atoms with Gasteiger partial charge in [-0.2, -0.15) is 0 Å². The fraction of sp³-hybridized carbons (Fsp3) is 0.118. The van der Waals surface area contributed by atoms with Crippen molar-refractivity contribution in [2.45, 2.75) is 6.61 Å². The molecule has 1 N–H and O–H groups in total. The number of rotatable bonds is 4. The molecule has 22 heavy (non-hydrogen) atoms. The number of methoxy groups -OCH3 is 1. The lowest BCUT2D eigenvalue weighted by molar-refractivity contribution is 0.281. The van der Waals surface area contributed by atoms with E-state index < -0.39 is 0 Å². The summed E-state index contributed by atoms with van der Waals surface area (Å²) in [5, 5.41) is 13.7. The van der Waals surface area contributed by atoms with Gasteiger partial charge in [-0.3, -0.25) is 0 Å². The highest BCUT2D eigenvalue weighted by molar-refractivity contribution is 5.72. The quantitative estimate of drug-likeness (QED) is 0.799. The summed E-state index contributed by atoms with van der Waals surface area (Å²) in [5.74, 6) is 0.722. The van der Waals surface area contributed by atoms with Crippen LogP contribution in [0.15, 0.2) is 53.1 Å². The van der Waals surface area contributed by atoms with E-state index in [9.17, 15) is 9.50 Å². The first-order valence-electron chi connectivity index (χ1n) is 6.72. The van der Waals surface area contributed by atoms with E-state index in [1.165, 1.54) is 12.1 Å². The number of ether oxygens (including phenoxy) is 1. The molecule has 3 aromatic rings. The van der Waals surface area contributed by atoms with Crippen molar-refractivity contribution in [3.05, 3.63) is 59.9 Å². The zero-order valence-electron chi connectivity index (χ0n) is 11.9. The van der Waals surface area contributed by atoms with Crippen LogP contribution in [0, 0.1) is 5.82 Å². The monoisotopic (exact) mass is 299 g/mol. The van der Waals surface area contributed by atoms with Crippen molar-refractivity contribution >= 4 is 0 Å². The van der Waals surface area contributed by atoms with Crippen LogP contribution in [0.4, 0.5) is 4.39 Å². The molecule has 1 aromatic heterocycles. The molecule has 5 heteroatoms. The first kappa shape index (κ1) is 14.3. The summed E-state index contributed by atoms with van der Waals surface area (Å²) in [7, 11) is 1.59. The van der Waals surface area contributed by atoms with Gasteiger partial charge in [0.15, 0.2) is 5.76 Å². The molecule has 0 saturated heterocycles. The molecular weight excluding hydrogens is 285 g/mol. The van der Waals surface area contributed by atoms with Crippen molar-refractivity contribution in [3.63, 3.8) is 0 Å². The lowest BCUT2D eigenvalue weighted by atomic mass is 10.0. The summed E-state index contributed by atoms with van der Waals surface area (Å²) < 4.78 is 23.8. The minimum atomic E-state index is -0.371. The molecule has 0 amide bonds. The number of nitrogens with zero attached hydrogens (tertiary/aromatic N) is 1. The number of halogens is 1. The standard InChI is InChI=1S/C17H14FNO3/c1-21-14-7-5-11(6-8-14)16-15(10-20)17(22-19-16)12-3-2-4-13(18)9-12/h2-9,20H,10H2,1H3. The third-order valence-electron chi connectivity index (χ3n) is 3.40. The van der Waals surface area contributed by atoms with E-state index in [-0.39, 0.29) is 12.4 Å². The highest BCUT2D eigenvalue weighted by Crippen LogP contribution is 2.33. The molecule has 0 bridgehead atoms. The third-order valence-corrected chi connectivity index (χ3v) is 3.40. The molecule has 2 aromatic carbocycles. The van der Waals surface area contributed by atoms with Crippen LogP contribution in [0.25, 0.3) is 22.6 Å². The minimum Gasteiger partial charge on any atom is -0.497 e. The first-order valence-corrected chi connectivity index (χ1v) is 6.72. The van der Waals surface area contributed by atoms with Crippen LogP contribution < -0.4 is 4.74 Å². The second kappa shape index (κ2) is 5.99. The van der Waals surface area contributed by atoms with Gasteiger partial charge < -0.3 is 14.4 Å². The van der Waals surface area contributed by atoms with E-state index in [0.29, 0.717) is 22.6 Å². The average molecular weight is 299 g/mol. The third kappa shape index (κ3) is 2.58. The SMILES string of the molecule is COc1ccc(-c2noc(-c3cccc(F)c3)c2CO)cc1. The number of benzene rings is 2. The Bertz CT molecular complexity index is 781. The van der Waals surface area contributed by atoms with Crippen LogP contribution in [-0.4, -0.2) is 17.4 Å². The van der Waals surface area contributed by atoms with Crippen LogP contribution in [0.5, 0.6) is 5.75 Å². The molecule has 4 nitrogen and oxygen atoms in total. The molecule has 112 valence electrons. The van der Waals surface area contributed by atoms with E-state index in [2.05, 4.69) is 5.16 Å². The number of aliphatic hydroxyl groups excluding tert-OH is 1. The molecule has 0 spiro atoms. The number of hydrogen-bond donors (Lipinski definition) is 1. The number of aliphatic hydroxyl groups is 1. The van der Waals surface area contributed by atoms with E-state index >= 15 is 0 Å². The molecule has 0 unspecified atom stereocenters. The maximum Gasteiger partial charge on any atom is 0.173 e. The Morgan fingerprint density at radius 1 is 1.14 bits per heavy atom. The highest BCUT2D eigenvalue weighted by Gasteiger charge is 2.18. The predicted octanol–water partition coefficient (Wildman–Crippen LogP) is 3.65.